The molecule has 184 valence electrons. The Morgan fingerprint density at radius 1 is 0.742 bits per heavy atom. The van der Waals surface area contributed by atoms with E-state index in [-0.39, 0.29) is 25.7 Å². The van der Waals surface area contributed by atoms with E-state index in [4.69, 9.17) is 9.84 Å². The van der Waals surface area contributed by atoms with Crippen LogP contribution in [0.2, 0.25) is 0 Å². The highest BCUT2D eigenvalue weighted by Gasteiger charge is 2.39. The van der Waals surface area contributed by atoms with Crippen LogP contribution in [0.15, 0.2) is 0 Å². The van der Waals surface area contributed by atoms with E-state index in [1.165, 1.54) is 7.11 Å². The zero-order chi connectivity index (χ0) is 24.1. The molecule has 4 atom stereocenters. The first kappa shape index (κ1) is 29.7. The van der Waals surface area contributed by atoms with Crippen molar-refractivity contribution >= 4 is 11.9 Å². The maximum absolute atomic E-state index is 11.5. The fraction of sp³-hybridized carbons (Fsp3) is 0.905. The molecule has 0 heterocycles. The second-order valence-corrected chi connectivity index (χ2v) is 7.63. The molecule has 0 aliphatic heterocycles. The largest absolute Gasteiger partial charge is 0.469 e. The third-order valence-electron chi connectivity index (χ3n) is 5.29. The summed E-state index contributed by atoms with van der Waals surface area (Å²) >= 11 is 0. The smallest absolute Gasteiger partial charge is 0.309 e. The van der Waals surface area contributed by atoms with Gasteiger partial charge in [0, 0.05) is 0 Å². The summed E-state index contributed by atoms with van der Waals surface area (Å²) in [6, 6.07) is 0. The molecule has 10 heteroatoms. The number of unbranched alkanes of at least 4 members (excludes halogenated alkanes) is 1. The van der Waals surface area contributed by atoms with Crippen LogP contribution in [0, 0.1) is 11.8 Å². The summed E-state index contributed by atoms with van der Waals surface area (Å²) in [5.74, 6) is -1.87. The van der Waals surface area contributed by atoms with E-state index in [1.807, 2.05) is 20.8 Å². The molecule has 2 aliphatic rings. The Balaban J connectivity index is 0.000000547. The first-order chi connectivity index (χ1) is 14.6. The molecule has 0 saturated heterocycles. The normalized spacial score (nSPS) is 34.9. The highest BCUT2D eigenvalue weighted by molar-refractivity contribution is 5.73. The standard InChI is InChI=1S/C11H20O5.C8H14O5.C2H6/c1-2-3-4-16-11(15)7-5-8(12)10(14)9(13)6-7;1-13-8(12)4-2-5(9)7(11)6(10)3-4;1-2/h7-10,12-14H,2-6H2,1H3;4-7,9-11H,2-3H2,1H3;1-2H3. The zero-order valence-electron chi connectivity index (χ0n) is 18.9. The minimum atomic E-state index is -1.15. The Morgan fingerprint density at radius 2 is 1.10 bits per heavy atom. The maximum atomic E-state index is 11.5. The van der Waals surface area contributed by atoms with Gasteiger partial charge in [-0.15, -0.1) is 0 Å². The van der Waals surface area contributed by atoms with Gasteiger partial charge in [0.05, 0.1) is 50.0 Å². The average molecular weight is 453 g/mol. The van der Waals surface area contributed by atoms with Crippen LogP contribution in [-0.4, -0.2) is 92.9 Å². The SMILES string of the molecule is CC.CCCCOC(=O)C1CC(O)C(O)C(O)C1.COC(=O)C1CC(O)C(O)C(O)C1. The van der Waals surface area contributed by atoms with Crippen molar-refractivity contribution in [3.05, 3.63) is 0 Å². The molecule has 0 aromatic heterocycles. The van der Waals surface area contributed by atoms with E-state index in [0.29, 0.717) is 6.61 Å². The fourth-order valence-electron chi connectivity index (χ4n) is 3.42. The molecule has 0 amide bonds. The summed E-state index contributed by atoms with van der Waals surface area (Å²) in [4.78, 5) is 22.6. The van der Waals surface area contributed by atoms with Crippen LogP contribution in [-0.2, 0) is 19.1 Å². The third kappa shape index (κ3) is 9.80. The van der Waals surface area contributed by atoms with Crippen LogP contribution in [0.4, 0.5) is 0 Å². The minimum absolute atomic E-state index is 0.144. The highest BCUT2D eigenvalue weighted by atomic mass is 16.5. The number of hydrogen-bond donors (Lipinski definition) is 6. The minimum Gasteiger partial charge on any atom is -0.469 e. The second kappa shape index (κ2) is 15.5. The van der Waals surface area contributed by atoms with Gasteiger partial charge in [0.25, 0.3) is 0 Å². The van der Waals surface area contributed by atoms with Gasteiger partial charge in [0.15, 0.2) is 0 Å². The molecular weight excluding hydrogens is 412 g/mol. The van der Waals surface area contributed by atoms with Crippen molar-refractivity contribution in [2.75, 3.05) is 13.7 Å². The van der Waals surface area contributed by atoms with Crippen LogP contribution >= 0.6 is 0 Å². The van der Waals surface area contributed by atoms with E-state index in [0.717, 1.165) is 12.8 Å². The van der Waals surface area contributed by atoms with Crippen molar-refractivity contribution < 1.29 is 49.7 Å². The molecule has 0 aromatic rings. The van der Waals surface area contributed by atoms with Crippen LogP contribution < -0.4 is 0 Å². The maximum Gasteiger partial charge on any atom is 0.309 e. The molecule has 2 rings (SSSR count). The first-order valence-electron chi connectivity index (χ1n) is 10.9. The van der Waals surface area contributed by atoms with Gasteiger partial charge < -0.3 is 40.1 Å². The number of carbonyl (C=O) groups is 2. The zero-order valence-corrected chi connectivity index (χ0v) is 18.9. The average Bonchev–Trinajstić information content (AvgIpc) is 2.76. The summed E-state index contributed by atoms with van der Waals surface area (Å²) in [5, 5.41) is 55.8. The molecule has 0 aromatic carbocycles. The lowest BCUT2D eigenvalue weighted by atomic mass is 9.83. The van der Waals surface area contributed by atoms with Gasteiger partial charge in [0.2, 0.25) is 0 Å². The molecule has 2 saturated carbocycles. The number of carbonyl (C=O) groups excluding carboxylic acids is 2. The Hall–Kier alpha value is -1.30. The molecular formula is C21H40O10. The Morgan fingerprint density at radius 3 is 1.42 bits per heavy atom. The van der Waals surface area contributed by atoms with E-state index in [9.17, 15) is 35.1 Å². The summed E-state index contributed by atoms with van der Waals surface area (Å²) in [7, 11) is 1.26. The number of ether oxygens (including phenoxy) is 2. The predicted molar refractivity (Wildman–Crippen MR) is 111 cm³/mol. The summed E-state index contributed by atoms with van der Waals surface area (Å²) < 4.78 is 9.49. The summed E-state index contributed by atoms with van der Waals surface area (Å²) in [6.45, 7) is 6.37. The number of aliphatic hydroxyl groups excluding tert-OH is 6. The quantitative estimate of drug-likeness (QED) is 0.236. The van der Waals surface area contributed by atoms with Gasteiger partial charge in [-0.25, -0.2) is 0 Å². The van der Waals surface area contributed by atoms with Crippen LogP contribution in [0.5, 0.6) is 0 Å². The summed E-state index contributed by atoms with van der Waals surface area (Å²) in [6.07, 6.45) is -4.14. The van der Waals surface area contributed by atoms with Crippen molar-refractivity contribution in [2.45, 2.75) is 95.9 Å². The number of esters is 2. The second-order valence-electron chi connectivity index (χ2n) is 7.63. The Bertz CT molecular complexity index is 490. The van der Waals surface area contributed by atoms with Gasteiger partial charge in [-0.05, 0) is 32.1 Å². The van der Waals surface area contributed by atoms with Gasteiger partial charge in [-0.2, -0.15) is 0 Å². The van der Waals surface area contributed by atoms with E-state index >= 15 is 0 Å². The third-order valence-corrected chi connectivity index (χ3v) is 5.29. The molecule has 4 unspecified atom stereocenters. The van der Waals surface area contributed by atoms with Crippen LogP contribution in [0.3, 0.4) is 0 Å². The van der Waals surface area contributed by atoms with Crippen LogP contribution in [0.1, 0.15) is 59.3 Å². The number of methoxy groups -OCH3 is 1. The highest BCUT2D eigenvalue weighted by Crippen LogP contribution is 2.27. The molecule has 6 N–H and O–H groups in total. The number of hydrogen-bond acceptors (Lipinski definition) is 10. The molecule has 2 fully saturated rings. The topological polar surface area (TPSA) is 174 Å². The van der Waals surface area contributed by atoms with E-state index in [1.54, 1.807) is 0 Å². The van der Waals surface area contributed by atoms with Crippen LogP contribution in [0.25, 0.3) is 0 Å². The van der Waals surface area contributed by atoms with Gasteiger partial charge in [0.1, 0.15) is 12.2 Å². The monoisotopic (exact) mass is 452 g/mol. The van der Waals surface area contributed by atoms with Crippen molar-refractivity contribution in [2.24, 2.45) is 11.8 Å². The lowest BCUT2D eigenvalue weighted by Crippen LogP contribution is -2.46. The van der Waals surface area contributed by atoms with E-state index in [2.05, 4.69) is 4.74 Å². The van der Waals surface area contributed by atoms with Gasteiger partial charge >= 0.3 is 11.9 Å². The molecule has 2 aliphatic carbocycles. The molecule has 0 radical (unpaired) electrons. The van der Waals surface area contributed by atoms with Crippen molar-refractivity contribution in [3.63, 3.8) is 0 Å². The predicted octanol–water partition coefficient (Wildman–Crippen LogP) is -0.499. The van der Waals surface area contributed by atoms with Crippen molar-refractivity contribution in [1.82, 2.24) is 0 Å². The Labute approximate surface area is 183 Å². The van der Waals surface area contributed by atoms with E-state index < -0.39 is 60.4 Å². The van der Waals surface area contributed by atoms with Crippen molar-refractivity contribution in [3.8, 4) is 0 Å². The summed E-state index contributed by atoms with van der Waals surface area (Å²) in [5.41, 5.74) is 0. The lowest BCUT2D eigenvalue weighted by Gasteiger charge is -2.32. The molecule has 0 bridgehead atoms. The van der Waals surface area contributed by atoms with Crippen molar-refractivity contribution in [1.29, 1.82) is 0 Å². The molecule has 10 nitrogen and oxygen atoms in total. The fourth-order valence-corrected chi connectivity index (χ4v) is 3.42. The van der Waals surface area contributed by atoms with Gasteiger partial charge in [-0.3, -0.25) is 9.59 Å². The number of rotatable bonds is 5. The van der Waals surface area contributed by atoms with Gasteiger partial charge in [-0.1, -0.05) is 27.2 Å². The lowest BCUT2D eigenvalue weighted by molar-refractivity contribution is -0.159. The molecule has 31 heavy (non-hydrogen) atoms. The number of aliphatic hydroxyl groups is 6. The molecule has 0 spiro atoms. The first-order valence-corrected chi connectivity index (χ1v) is 10.9. The Kier molecular flexibility index (Phi) is 14.8.